The Labute approximate surface area is 230 Å². The van der Waals surface area contributed by atoms with E-state index in [0.29, 0.717) is 41.2 Å². The summed E-state index contributed by atoms with van der Waals surface area (Å²) in [7, 11) is 0. The van der Waals surface area contributed by atoms with Crippen LogP contribution in [-0.2, 0) is 4.79 Å². The topological polar surface area (TPSA) is 102 Å². The number of amides is 1. The van der Waals surface area contributed by atoms with Crippen LogP contribution in [0.5, 0.6) is 11.5 Å². The van der Waals surface area contributed by atoms with Gasteiger partial charge in [0, 0.05) is 0 Å². The van der Waals surface area contributed by atoms with Crippen LogP contribution >= 0.6 is 11.3 Å². The number of thiazole rings is 1. The van der Waals surface area contributed by atoms with Gasteiger partial charge in [-0.2, -0.15) is 0 Å². The molecule has 2 aromatic heterocycles. The van der Waals surface area contributed by atoms with Gasteiger partial charge in [0.1, 0.15) is 5.76 Å². The number of fused-ring (bicyclic) bond motifs is 1. The summed E-state index contributed by atoms with van der Waals surface area (Å²) < 4.78 is 18.2. The predicted molar refractivity (Wildman–Crippen MR) is 150 cm³/mol. The Morgan fingerprint density at radius 3 is 2.56 bits per heavy atom. The molecule has 1 atom stereocenters. The number of aromatic nitrogens is 1. The minimum absolute atomic E-state index is 0.0393. The normalized spacial score (nSPS) is 15.5. The number of benzene rings is 2. The van der Waals surface area contributed by atoms with E-state index in [9.17, 15) is 14.7 Å². The Morgan fingerprint density at radius 2 is 1.87 bits per heavy atom. The molecule has 1 aliphatic heterocycles. The van der Waals surface area contributed by atoms with Crippen LogP contribution in [0.15, 0.2) is 58.2 Å². The van der Waals surface area contributed by atoms with E-state index in [0.717, 1.165) is 27.8 Å². The highest BCUT2D eigenvalue weighted by Crippen LogP contribution is 2.46. The molecule has 0 spiro atoms. The highest BCUT2D eigenvalue weighted by Gasteiger charge is 2.46. The van der Waals surface area contributed by atoms with Gasteiger partial charge in [-0.3, -0.25) is 14.5 Å². The van der Waals surface area contributed by atoms with Gasteiger partial charge in [0.25, 0.3) is 5.91 Å². The molecule has 4 aromatic rings. The van der Waals surface area contributed by atoms with Crippen LogP contribution in [0, 0.1) is 20.8 Å². The first-order valence-electron chi connectivity index (χ1n) is 12.9. The Morgan fingerprint density at radius 1 is 1.08 bits per heavy atom. The van der Waals surface area contributed by atoms with Crippen LogP contribution in [0.1, 0.15) is 59.3 Å². The summed E-state index contributed by atoms with van der Waals surface area (Å²) in [5.74, 6) is -0.272. The number of carbonyl (C=O) groups excluding carboxylic acids is 2. The SMILES string of the molecule is CCCOc1ccc(C2C(C(=O)c3ccc(C)o3)=C(O)C(=O)N2c2nc3c(C)cc(C)cc3s2)cc1OCC. The minimum Gasteiger partial charge on any atom is -0.503 e. The predicted octanol–water partition coefficient (Wildman–Crippen LogP) is 6.78. The van der Waals surface area contributed by atoms with Gasteiger partial charge < -0.3 is 19.0 Å². The van der Waals surface area contributed by atoms with Gasteiger partial charge in [0.15, 0.2) is 28.1 Å². The summed E-state index contributed by atoms with van der Waals surface area (Å²) in [6.07, 6.45) is 0.826. The molecule has 0 aliphatic carbocycles. The summed E-state index contributed by atoms with van der Waals surface area (Å²) in [4.78, 5) is 33.5. The van der Waals surface area contributed by atoms with Crippen LogP contribution in [0.25, 0.3) is 10.2 Å². The fourth-order valence-corrected chi connectivity index (χ4v) is 5.96. The van der Waals surface area contributed by atoms with Crippen molar-refractivity contribution < 1.29 is 28.6 Å². The molecule has 0 saturated carbocycles. The van der Waals surface area contributed by atoms with E-state index < -0.39 is 23.5 Å². The van der Waals surface area contributed by atoms with Crippen molar-refractivity contribution in [3.63, 3.8) is 0 Å². The molecule has 0 bridgehead atoms. The number of hydrogen-bond donors (Lipinski definition) is 1. The molecule has 0 saturated heterocycles. The van der Waals surface area contributed by atoms with Crippen LogP contribution < -0.4 is 14.4 Å². The largest absolute Gasteiger partial charge is 0.503 e. The molecule has 1 amide bonds. The molecule has 39 heavy (non-hydrogen) atoms. The third-order valence-electron chi connectivity index (χ3n) is 6.49. The maximum Gasteiger partial charge on any atom is 0.296 e. The van der Waals surface area contributed by atoms with E-state index >= 15 is 0 Å². The second-order valence-corrected chi connectivity index (χ2v) is 10.5. The van der Waals surface area contributed by atoms with Gasteiger partial charge in [-0.1, -0.05) is 30.4 Å². The number of carbonyl (C=O) groups is 2. The van der Waals surface area contributed by atoms with E-state index in [4.69, 9.17) is 18.9 Å². The zero-order chi connectivity index (χ0) is 27.8. The van der Waals surface area contributed by atoms with Crippen molar-refractivity contribution >= 4 is 38.4 Å². The van der Waals surface area contributed by atoms with E-state index in [1.54, 1.807) is 37.3 Å². The lowest BCUT2D eigenvalue weighted by Crippen LogP contribution is -2.31. The number of aliphatic hydroxyl groups is 1. The van der Waals surface area contributed by atoms with E-state index in [2.05, 4.69) is 0 Å². The zero-order valence-electron chi connectivity index (χ0n) is 22.5. The number of ether oxygens (including phenoxy) is 2. The molecule has 9 heteroatoms. The van der Waals surface area contributed by atoms with Gasteiger partial charge in [0.2, 0.25) is 5.78 Å². The van der Waals surface area contributed by atoms with Crippen molar-refractivity contribution in [3.05, 3.63) is 82.0 Å². The lowest BCUT2D eigenvalue weighted by atomic mass is 9.95. The number of hydrogen-bond acceptors (Lipinski definition) is 8. The number of Topliss-reactive ketones (excluding diaryl/α,β-unsaturated/α-hetero) is 1. The van der Waals surface area contributed by atoms with Crippen molar-refractivity contribution in [1.82, 2.24) is 4.98 Å². The standard InChI is InChI=1S/C30H30N2O6S/c1-6-12-37-20-11-9-19(15-22(20)36-7-2)26-24(27(33)21-10-8-18(5)38-21)28(34)29(35)32(26)30-31-25-17(4)13-16(3)14-23(25)39-30/h8-11,13-15,26,34H,6-7,12H2,1-5H3. The Balaban J connectivity index is 1.68. The number of aryl methyl sites for hydroxylation is 3. The Kier molecular flexibility index (Phi) is 7.18. The van der Waals surface area contributed by atoms with Crippen LogP contribution in [-0.4, -0.2) is 35.0 Å². The molecule has 202 valence electrons. The molecule has 1 unspecified atom stereocenters. The van der Waals surface area contributed by atoms with Gasteiger partial charge >= 0.3 is 0 Å². The number of nitrogens with zero attached hydrogens (tertiary/aromatic N) is 2. The zero-order valence-corrected chi connectivity index (χ0v) is 23.3. The van der Waals surface area contributed by atoms with Gasteiger partial charge in [-0.25, -0.2) is 4.98 Å². The van der Waals surface area contributed by atoms with Crippen molar-refractivity contribution in [2.45, 2.75) is 47.1 Å². The molecular weight excluding hydrogens is 516 g/mol. The van der Waals surface area contributed by atoms with Gasteiger partial charge in [0.05, 0.1) is 35.0 Å². The average Bonchev–Trinajstić information content (AvgIpc) is 3.59. The highest BCUT2D eigenvalue weighted by molar-refractivity contribution is 7.22. The molecule has 3 heterocycles. The minimum atomic E-state index is -0.961. The maximum atomic E-state index is 13.7. The molecule has 5 rings (SSSR count). The van der Waals surface area contributed by atoms with E-state index in [-0.39, 0.29) is 11.3 Å². The fraction of sp³-hybridized carbons (Fsp3) is 0.300. The Hall–Kier alpha value is -4.11. The van der Waals surface area contributed by atoms with Gasteiger partial charge in [-0.05, 0) is 81.1 Å². The third kappa shape index (κ3) is 4.78. The lowest BCUT2D eigenvalue weighted by molar-refractivity contribution is -0.117. The number of aliphatic hydroxyl groups excluding tert-OH is 1. The van der Waals surface area contributed by atoms with Crippen LogP contribution in [0.4, 0.5) is 5.13 Å². The molecule has 0 radical (unpaired) electrons. The molecular formula is C30H30N2O6S. The van der Waals surface area contributed by atoms with Crippen molar-refractivity contribution in [2.24, 2.45) is 0 Å². The monoisotopic (exact) mass is 546 g/mol. The fourth-order valence-electron chi connectivity index (χ4n) is 4.80. The number of ketones is 1. The Bertz CT molecular complexity index is 1610. The third-order valence-corrected chi connectivity index (χ3v) is 7.49. The lowest BCUT2D eigenvalue weighted by Gasteiger charge is -2.25. The molecule has 2 aromatic carbocycles. The van der Waals surface area contributed by atoms with Crippen LogP contribution in [0.3, 0.4) is 0 Å². The molecule has 1 N–H and O–H groups in total. The number of anilines is 1. The summed E-state index contributed by atoms with van der Waals surface area (Å²) in [6, 6.07) is 11.6. The first kappa shape index (κ1) is 26.5. The van der Waals surface area contributed by atoms with E-state index in [1.807, 2.05) is 39.8 Å². The second-order valence-electron chi connectivity index (χ2n) is 9.49. The van der Waals surface area contributed by atoms with Crippen molar-refractivity contribution in [2.75, 3.05) is 18.1 Å². The first-order chi connectivity index (χ1) is 18.7. The summed E-state index contributed by atoms with van der Waals surface area (Å²) in [5.41, 5.74) is 3.32. The summed E-state index contributed by atoms with van der Waals surface area (Å²) >= 11 is 1.33. The highest BCUT2D eigenvalue weighted by atomic mass is 32.1. The second kappa shape index (κ2) is 10.6. The summed E-state index contributed by atoms with van der Waals surface area (Å²) in [6.45, 7) is 10.5. The van der Waals surface area contributed by atoms with Crippen LogP contribution in [0.2, 0.25) is 0 Å². The number of rotatable bonds is 9. The maximum absolute atomic E-state index is 13.7. The number of furan rings is 1. The van der Waals surface area contributed by atoms with Crippen molar-refractivity contribution in [1.29, 1.82) is 0 Å². The summed E-state index contributed by atoms with van der Waals surface area (Å²) in [5, 5.41) is 11.5. The smallest absolute Gasteiger partial charge is 0.296 e. The average molecular weight is 547 g/mol. The van der Waals surface area contributed by atoms with Gasteiger partial charge in [-0.15, -0.1) is 0 Å². The quantitative estimate of drug-likeness (QED) is 0.231. The first-order valence-corrected chi connectivity index (χ1v) is 13.7. The molecule has 1 aliphatic rings. The molecule has 0 fully saturated rings. The van der Waals surface area contributed by atoms with Crippen molar-refractivity contribution in [3.8, 4) is 11.5 Å². The molecule has 8 nitrogen and oxygen atoms in total. The van der Waals surface area contributed by atoms with E-state index in [1.165, 1.54) is 16.2 Å².